The molecule has 2 unspecified atom stereocenters. The van der Waals surface area contributed by atoms with Crippen molar-refractivity contribution in [2.75, 3.05) is 0 Å². The SMILES string of the molecule is NC(=O)c1ccc(C(F)(F)C(F)(c2ccc(Oc3ccc(C(F)(C(F)(F)F)C(F)(F)c4ccc(C(N)=O)cc4)cc3)cc2)C(F)(F)F)cc1. The molecule has 0 aliphatic rings. The van der Waals surface area contributed by atoms with Crippen molar-refractivity contribution in [2.45, 2.75) is 35.5 Å². The molecule has 0 heterocycles. The lowest BCUT2D eigenvalue weighted by Crippen LogP contribution is -2.51. The van der Waals surface area contributed by atoms with Crippen LogP contribution >= 0.6 is 0 Å². The Kier molecular flexibility index (Phi) is 9.22. The monoisotopic (exact) mass is 708 g/mol. The molecule has 2 amide bonds. The summed E-state index contributed by atoms with van der Waals surface area (Å²) in [6, 6.07) is 7.87. The van der Waals surface area contributed by atoms with Gasteiger partial charge in [-0.25, -0.2) is 8.78 Å². The summed E-state index contributed by atoms with van der Waals surface area (Å²) < 4.78 is 181. The summed E-state index contributed by atoms with van der Waals surface area (Å²) in [4.78, 5) is 22.4. The number of ether oxygens (including phenoxy) is 1. The van der Waals surface area contributed by atoms with E-state index >= 15 is 26.3 Å². The highest BCUT2D eigenvalue weighted by Gasteiger charge is 2.73. The van der Waals surface area contributed by atoms with Gasteiger partial charge in [0.25, 0.3) is 11.3 Å². The Hall–Kier alpha value is -5.22. The van der Waals surface area contributed by atoms with Crippen molar-refractivity contribution in [1.82, 2.24) is 0 Å². The number of primary amides is 2. The van der Waals surface area contributed by atoms with Gasteiger partial charge in [-0.15, -0.1) is 0 Å². The molecule has 0 aromatic heterocycles. The molecule has 2 atom stereocenters. The molecule has 0 aliphatic heterocycles. The van der Waals surface area contributed by atoms with Gasteiger partial charge in [0, 0.05) is 33.4 Å². The highest BCUT2D eigenvalue weighted by atomic mass is 19.4. The number of halogens is 12. The second-order valence-electron chi connectivity index (χ2n) is 10.5. The van der Waals surface area contributed by atoms with Crippen molar-refractivity contribution < 1.29 is 67.0 Å². The number of nitrogens with two attached hydrogens (primary N) is 2. The van der Waals surface area contributed by atoms with Gasteiger partial charge in [-0.2, -0.15) is 43.9 Å². The van der Waals surface area contributed by atoms with Gasteiger partial charge in [0.05, 0.1) is 0 Å². The standard InChI is InChI=1S/C32H20F12N2O3/c33-27(31(39,40)41,29(35,36)21-5-1-17(2-6-21)25(45)47)19-9-13-23(14-10-19)49-24-15-11-20(12-16-24)28(34,32(42,43)44)30(37,38)22-7-3-18(4-8-22)26(46)48/h1-16H,(H2,45,47)(H2,46,48). The smallest absolute Gasteiger partial charge is 0.433 e. The van der Waals surface area contributed by atoms with E-state index in [-0.39, 0.29) is 11.1 Å². The highest BCUT2D eigenvalue weighted by molar-refractivity contribution is 5.93. The van der Waals surface area contributed by atoms with E-state index < -0.39 is 81.1 Å². The van der Waals surface area contributed by atoms with Gasteiger partial charge in [0.1, 0.15) is 11.5 Å². The van der Waals surface area contributed by atoms with Crippen LogP contribution < -0.4 is 16.2 Å². The predicted molar refractivity (Wildman–Crippen MR) is 148 cm³/mol. The van der Waals surface area contributed by atoms with E-state index in [1.807, 2.05) is 0 Å². The van der Waals surface area contributed by atoms with Gasteiger partial charge < -0.3 is 16.2 Å². The van der Waals surface area contributed by atoms with Crippen LogP contribution in [0.2, 0.25) is 0 Å². The van der Waals surface area contributed by atoms with Crippen LogP contribution in [-0.2, 0) is 23.2 Å². The summed E-state index contributed by atoms with van der Waals surface area (Å²) in [5.74, 6) is -13.6. The lowest BCUT2D eigenvalue weighted by molar-refractivity contribution is -0.315. The Labute approximate surface area is 268 Å². The van der Waals surface area contributed by atoms with Crippen LogP contribution in [0.15, 0.2) is 97.1 Å². The second-order valence-corrected chi connectivity index (χ2v) is 10.5. The number of carbonyl (C=O) groups excluding carboxylic acids is 2. The minimum Gasteiger partial charge on any atom is -0.457 e. The Morgan fingerprint density at radius 2 is 0.653 bits per heavy atom. The Bertz CT molecular complexity index is 1690. The minimum atomic E-state index is -6.21. The van der Waals surface area contributed by atoms with Crippen LogP contribution in [-0.4, -0.2) is 24.2 Å². The van der Waals surface area contributed by atoms with Gasteiger partial charge in [-0.3, -0.25) is 9.59 Å². The van der Waals surface area contributed by atoms with Crippen LogP contribution in [0.25, 0.3) is 0 Å². The molecule has 0 bridgehead atoms. The van der Waals surface area contributed by atoms with E-state index in [1.165, 1.54) is 0 Å². The third-order valence-electron chi connectivity index (χ3n) is 7.45. The number of amides is 2. The van der Waals surface area contributed by atoms with E-state index in [0.29, 0.717) is 97.1 Å². The van der Waals surface area contributed by atoms with Crippen molar-refractivity contribution >= 4 is 11.8 Å². The van der Waals surface area contributed by atoms with Gasteiger partial charge in [-0.1, -0.05) is 48.5 Å². The van der Waals surface area contributed by atoms with Crippen molar-refractivity contribution in [3.8, 4) is 11.5 Å². The van der Waals surface area contributed by atoms with E-state index in [1.54, 1.807) is 0 Å². The van der Waals surface area contributed by atoms with Crippen LogP contribution in [0, 0.1) is 0 Å². The number of hydrogen-bond donors (Lipinski definition) is 2. The molecule has 0 spiro atoms. The molecule has 0 radical (unpaired) electrons. The molecule has 4 N–H and O–H groups in total. The van der Waals surface area contributed by atoms with Crippen molar-refractivity contribution in [2.24, 2.45) is 11.5 Å². The molecule has 49 heavy (non-hydrogen) atoms. The lowest BCUT2D eigenvalue weighted by Gasteiger charge is -2.35. The maximum Gasteiger partial charge on any atom is 0.433 e. The molecular formula is C32H20F12N2O3. The molecule has 0 saturated heterocycles. The summed E-state index contributed by atoms with van der Waals surface area (Å²) in [5.41, 5.74) is -7.46. The first-order chi connectivity index (χ1) is 22.5. The fourth-order valence-corrected chi connectivity index (χ4v) is 4.77. The predicted octanol–water partition coefficient (Wildman–Crippen LogP) is 8.71. The summed E-state index contributed by atoms with van der Waals surface area (Å²) in [5, 5.41) is 0. The third-order valence-corrected chi connectivity index (χ3v) is 7.45. The topological polar surface area (TPSA) is 95.4 Å². The summed E-state index contributed by atoms with van der Waals surface area (Å²) in [6.45, 7) is 0. The molecule has 4 rings (SSSR count). The molecule has 0 fully saturated rings. The normalized spacial score (nSPS) is 15.2. The average molecular weight is 708 g/mol. The van der Waals surface area contributed by atoms with Crippen molar-refractivity contribution in [1.29, 1.82) is 0 Å². The molecule has 0 saturated carbocycles. The number of carbonyl (C=O) groups is 2. The Morgan fingerprint density at radius 3 is 0.878 bits per heavy atom. The van der Waals surface area contributed by atoms with Gasteiger partial charge in [-0.05, 0) is 48.5 Å². The molecule has 17 heteroatoms. The zero-order valence-corrected chi connectivity index (χ0v) is 24.2. The van der Waals surface area contributed by atoms with Gasteiger partial charge in [0.15, 0.2) is 0 Å². The van der Waals surface area contributed by atoms with E-state index in [0.717, 1.165) is 0 Å². The second kappa shape index (κ2) is 12.3. The quantitative estimate of drug-likeness (QED) is 0.161. The molecular weight excluding hydrogens is 688 g/mol. The highest BCUT2D eigenvalue weighted by Crippen LogP contribution is 2.58. The van der Waals surface area contributed by atoms with Crippen LogP contribution in [0.5, 0.6) is 11.5 Å². The Morgan fingerprint density at radius 1 is 0.408 bits per heavy atom. The van der Waals surface area contributed by atoms with E-state index in [9.17, 15) is 35.9 Å². The minimum absolute atomic E-state index is 0.295. The average Bonchev–Trinajstić information content (AvgIpc) is 3.03. The molecule has 0 aliphatic carbocycles. The van der Waals surface area contributed by atoms with Crippen LogP contribution in [0.3, 0.4) is 0 Å². The van der Waals surface area contributed by atoms with Crippen LogP contribution in [0.1, 0.15) is 43.0 Å². The number of benzene rings is 4. The maximum atomic E-state index is 15.6. The Balaban J connectivity index is 1.64. The number of rotatable bonds is 10. The van der Waals surface area contributed by atoms with Crippen molar-refractivity contribution in [3.05, 3.63) is 130 Å². The zero-order valence-electron chi connectivity index (χ0n) is 24.2. The summed E-state index contributed by atoms with van der Waals surface area (Å²) >= 11 is 0. The first-order valence-corrected chi connectivity index (χ1v) is 13.4. The van der Waals surface area contributed by atoms with Gasteiger partial charge >= 0.3 is 24.2 Å². The fraction of sp³-hybridized carbons (Fsp3) is 0.188. The lowest BCUT2D eigenvalue weighted by atomic mass is 9.84. The molecule has 4 aromatic rings. The van der Waals surface area contributed by atoms with E-state index in [2.05, 4.69) is 0 Å². The third kappa shape index (κ3) is 6.24. The zero-order chi connectivity index (χ0) is 36.8. The maximum absolute atomic E-state index is 15.6. The number of hydrogen-bond acceptors (Lipinski definition) is 3. The number of alkyl halides is 12. The summed E-state index contributed by atoms with van der Waals surface area (Å²) in [6.07, 6.45) is -12.4. The van der Waals surface area contributed by atoms with Gasteiger partial charge in [0.2, 0.25) is 11.8 Å². The first-order valence-electron chi connectivity index (χ1n) is 13.4. The molecule has 260 valence electrons. The van der Waals surface area contributed by atoms with E-state index in [4.69, 9.17) is 16.2 Å². The fourth-order valence-electron chi connectivity index (χ4n) is 4.77. The van der Waals surface area contributed by atoms with Crippen LogP contribution in [0.4, 0.5) is 52.7 Å². The first kappa shape index (κ1) is 36.6. The molecule has 4 aromatic carbocycles. The largest absolute Gasteiger partial charge is 0.457 e. The summed E-state index contributed by atoms with van der Waals surface area (Å²) in [7, 11) is 0. The van der Waals surface area contributed by atoms with Crippen molar-refractivity contribution in [3.63, 3.8) is 0 Å². The molecule has 5 nitrogen and oxygen atoms in total.